The maximum Gasteiger partial charge on any atom is 0.246 e. The first kappa shape index (κ1) is 21.6. The molecule has 2 aromatic carbocycles. The van der Waals surface area contributed by atoms with Crippen molar-refractivity contribution in [2.75, 3.05) is 18.8 Å². The van der Waals surface area contributed by atoms with E-state index in [0.717, 1.165) is 36.3 Å². The second-order valence-electron chi connectivity index (χ2n) is 8.33. The Bertz CT molecular complexity index is 1320. The molecule has 0 unspecified atom stereocenters. The molecular weight excluding hydrogens is 428 g/mol. The molecule has 8 nitrogen and oxygen atoms in total. The van der Waals surface area contributed by atoms with Gasteiger partial charge in [-0.25, -0.2) is 14.6 Å². The molecular formula is C26H26N6O2. The number of nitrogen functional groups attached to an aromatic ring is 1. The molecule has 1 fully saturated rings. The molecule has 34 heavy (non-hydrogen) atoms. The molecule has 1 amide bonds. The molecule has 1 saturated heterocycles. The van der Waals surface area contributed by atoms with Gasteiger partial charge in [0, 0.05) is 18.7 Å². The number of rotatable bonds is 5. The normalized spacial score (nSPS) is 16.2. The van der Waals surface area contributed by atoms with Gasteiger partial charge in [-0.15, -0.1) is 0 Å². The van der Waals surface area contributed by atoms with Crippen molar-refractivity contribution in [2.45, 2.75) is 25.3 Å². The van der Waals surface area contributed by atoms with E-state index in [-0.39, 0.29) is 11.9 Å². The zero-order valence-corrected chi connectivity index (χ0v) is 18.8. The Morgan fingerprint density at radius 3 is 2.59 bits per heavy atom. The highest BCUT2D eigenvalue weighted by atomic mass is 16.5. The third kappa shape index (κ3) is 4.22. The second-order valence-corrected chi connectivity index (χ2v) is 8.33. The van der Waals surface area contributed by atoms with E-state index in [1.807, 2.05) is 64.2 Å². The number of benzene rings is 2. The summed E-state index contributed by atoms with van der Waals surface area (Å²) >= 11 is 0. The van der Waals surface area contributed by atoms with Gasteiger partial charge in [-0.1, -0.05) is 24.8 Å². The van der Waals surface area contributed by atoms with E-state index in [2.05, 4.69) is 16.5 Å². The van der Waals surface area contributed by atoms with Gasteiger partial charge in [0.25, 0.3) is 0 Å². The Morgan fingerprint density at radius 2 is 1.82 bits per heavy atom. The highest BCUT2D eigenvalue weighted by Crippen LogP contribution is 2.34. The van der Waals surface area contributed by atoms with Crippen LogP contribution in [0.4, 0.5) is 5.82 Å². The Labute approximate surface area is 197 Å². The number of carbonyl (C=O) groups is 1. The summed E-state index contributed by atoms with van der Waals surface area (Å²) in [5.41, 5.74) is 8.56. The van der Waals surface area contributed by atoms with Crippen LogP contribution in [0.1, 0.15) is 25.3 Å². The molecule has 0 saturated carbocycles. The van der Waals surface area contributed by atoms with E-state index >= 15 is 0 Å². The summed E-state index contributed by atoms with van der Waals surface area (Å²) in [5.74, 6) is 1.81. The summed E-state index contributed by atoms with van der Waals surface area (Å²) in [7, 11) is 0. The zero-order chi connectivity index (χ0) is 23.5. The number of nitrogens with two attached hydrogens (primary N) is 1. The number of amides is 1. The maximum atomic E-state index is 12.3. The summed E-state index contributed by atoms with van der Waals surface area (Å²) < 4.78 is 7.83. The topological polar surface area (TPSA) is 99.2 Å². The predicted octanol–water partition coefficient (Wildman–Crippen LogP) is 4.61. The summed E-state index contributed by atoms with van der Waals surface area (Å²) in [4.78, 5) is 22.9. The van der Waals surface area contributed by atoms with Crippen molar-refractivity contribution in [2.24, 2.45) is 0 Å². The number of aromatic nitrogens is 4. The Morgan fingerprint density at radius 1 is 1.06 bits per heavy atom. The number of ether oxygens (including phenoxy) is 1. The zero-order valence-electron chi connectivity index (χ0n) is 18.8. The van der Waals surface area contributed by atoms with Crippen LogP contribution < -0.4 is 10.5 Å². The smallest absolute Gasteiger partial charge is 0.246 e. The second kappa shape index (κ2) is 9.35. The predicted molar refractivity (Wildman–Crippen MR) is 131 cm³/mol. The average Bonchev–Trinajstić information content (AvgIpc) is 3.09. The molecule has 4 aromatic rings. The number of hydrogen-bond donors (Lipinski definition) is 1. The van der Waals surface area contributed by atoms with Crippen LogP contribution in [0.15, 0.2) is 73.6 Å². The fourth-order valence-corrected chi connectivity index (χ4v) is 4.41. The lowest BCUT2D eigenvalue weighted by atomic mass is 10.1. The first-order valence-electron chi connectivity index (χ1n) is 11.4. The first-order chi connectivity index (χ1) is 16.6. The van der Waals surface area contributed by atoms with Crippen LogP contribution in [0.2, 0.25) is 0 Å². The van der Waals surface area contributed by atoms with Gasteiger partial charge in [0.1, 0.15) is 29.3 Å². The molecule has 8 heteroatoms. The van der Waals surface area contributed by atoms with Crippen molar-refractivity contribution in [1.82, 2.24) is 24.6 Å². The standard InChI is InChI=1S/C26H26N6O2/c1-2-22(33)31-15-7-6-8-19(16-31)32-26-23(25(27)28-17-29-26)24(30-32)18-11-13-21(14-12-18)34-20-9-4-3-5-10-20/h2-5,9-14,17,19H,1,6-8,15-16H2,(H2,27,28,29)/t19-/m1/s1. The number of para-hydroxylation sites is 1. The number of likely N-dealkylation sites (tertiary alicyclic amines) is 1. The number of hydrogen-bond acceptors (Lipinski definition) is 6. The van der Waals surface area contributed by atoms with Crippen LogP contribution >= 0.6 is 0 Å². The molecule has 5 rings (SSSR count). The third-order valence-corrected chi connectivity index (χ3v) is 6.10. The van der Waals surface area contributed by atoms with Crippen molar-refractivity contribution in [3.8, 4) is 22.8 Å². The highest BCUT2D eigenvalue weighted by Gasteiger charge is 2.26. The van der Waals surface area contributed by atoms with Gasteiger partial charge in [-0.2, -0.15) is 5.10 Å². The van der Waals surface area contributed by atoms with Crippen molar-refractivity contribution in [3.05, 3.63) is 73.6 Å². The van der Waals surface area contributed by atoms with E-state index in [0.29, 0.717) is 35.6 Å². The van der Waals surface area contributed by atoms with Gasteiger partial charge in [0.2, 0.25) is 5.91 Å². The Hall–Kier alpha value is -4.20. The van der Waals surface area contributed by atoms with Gasteiger partial charge in [0.05, 0.1) is 11.4 Å². The van der Waals surface area contributed by atoms with E-state index in [1.165, 1.54) is 12.4 Å². The molecule has 1 aliphatic rings. The van der Waals surface area contributed by atoms with Crippen LogP contribution in [0, 0.1) is 0 Å². The molecule has 0 spiro atoms. The van der Waals surface area contributed by atoms with Crippen LogP contribution in [-0.4, -0.2) is 43.6 Å². The number of anilines is 1. The van der Waals surface area contributed by atoms with Crippen LogP contribution in [0.25, 0.3) is 22.3 Å². The molecule has 172 valence electrons. The molecule has 0 bridgehead atoms. The first-order valence-corrected chi connectivity index (χ1v) is 11.4. The van der Waals surface area contributed by atoms with Crippen LogP contribution in [0.5, 0.6) is 11.5 Å². The average molecular weight is 455 g/mol. The van der Waals surface area contributed by atoms with E-state index in [1.54, 1.807) is 0 Å². The van der Waals surface area contributed by atoms with E-state index < -0.39 is 0 Å². The van der Waals surface area contributed by atoms with E-state index in [9.17, 15) is 4.79 Å². The molecule has 1 aliphatic heterocycles. The lowest BCUT2D eigenvalue weighted by molar-refractivity contribution is -0.126. The van der Waals surface area contributed by atoms with Crippen molar-refractivity contribution in [1.29, 1.82) is 0 Å². The Balaban J connectivity index is 1.51. The summed E-state index contributed by atoms with van der Waals surface area (Å²) in [6.45, 7) is 4.91. The minimum Gasteiger partial charge on any atom is -0.457 e. The van der Waals surface area contributed by atoms with Gasteiger partial charge < -0.3 is 15.4 Å². The van der Waals surface area contributed by atoms with Gasteiger partial charge in [0.15, 0.2) is 5.65 Å². The minimum absolute atomic E-state index is 0.0161. The molecule has 3 heterocycles. The quantitative estimate of drug-likeness (QED) is 0.442. The lowest BCUT2D eigenvalue weighted by Crippen LogP contribution is -2.34. The molecule has 0 aliphatic carbocycles. The van der Waals surface area contributed by atoms with Crippen molar-refractivity contribution < 1.29 is 9.53 Å². The maximum absolute atomic E-state index is 12.3. The lowest BCUT2D eigenvalue weighted by Gasteiger charge is -2.23. The monoisotopic (exact) mass is 454 g/mol. The van der Waals surface area contributed by atoms with Crippen LogP contribution in [-0.2, 0) is 4.79 Å². The molecule has 0 radical (unpaired) electrons. The highest BCUT2D eigenvalue weighted by molar-refractivity contribution is 5.98. The summed E-state index contributed by atoms with van der Waals surface area (Å²) in [6.07, 6.45) is 5.66. The number of nitrogens with zero attached hydrogens (tertiary/aromatic N) is 5. The molecule has 1 atom stereocenters. The fourth-order valence-electron chi connectivity index (χ4n) is 4.41. The summed E-state index contributed by atoms with van der Waals surface area (Å²) in [6, 6.07) is 17.3. The third-order valence-electron chi connectivity index (χ3n) is 6.10. The van der Waals surface area contributed by atoms with Crippen LogP contribution in [0.3, 0.4) is 0 Å². The summed E-state index contributed by atoms with van der Waals surface area (Å²) in [5, 5.41) is 5.66. The fraction of sp³-hybridized carbons (Fsp3) is 0.231. The van der Waals surface area contributed by atoms with Gasteiger partial charge in [-0.05, 0) is 61.7 Å². The number of fused-ring (bicyclic) bond motifs is 1. The molecule has 2 aromatic heterocycles. The SMILES string of the molecule is C=CC(=O)N1CCCC[C@@H](n2nc(-c3ccc(Oc4ccccc4)cc3)c3c(N)ncnc32)C1. The van der Waals surface area contributed by atoms with Gasteiger partial charge in [-0.3, -0.25) is 4.79 Å². The van der Waals surface area contributed by atoms with E-state index in [4.69, 9.17) is 15.6 Å². The Kier molecular flexibility index (Phi) is 5.95. The minimum atomic E-state index is -0.0632. The van der Waals surface area contributed by atoms with Crippen molar-refractivity contribution in [3.63, 3.8) is 0 Å². The largest absolute Gasteiger partial charge is 0.457 e. The molecule has 2 N–H and O–H groups in total. The number of carbonyl (C=O) groups excluding carboxylic acids is 1. The van der Waals surface area contributed by atoms with Crippen molar-refractivity contribution >= 4 is 22.8 Å². The van der Waals surface area contributed by atoms with Gasteiger partial charge >= 0.3 is 0 Å².